The summed E-state index contributed by atoms with van der Waals surface area (Å²) >= 11 is 1.57. The third-order valence-corrected chi connectivity index (χ3v) is 6.41. The van der Waals surface area contributed by atoms with E-state index in [0.29, 0.717) is 24.9 Å². The number of methoxy groups -OCH3 is 1. The van der Waals surface area contributed by atoms with Gasteiger partial charge in [-0.1, -0.05) is 18.2 Å². The molecule has 1 amide bonds. The normalized spacial score (nSPS) is 14.0. The Labute approximate surface area is 200 Å². The number of hydrogen-bond acceptors (Lipinski definition) is 8. The monoisotopic (exact) mass is 473 g/mol. The number of morpholine rings is 1. The van der Waals surface area contributed by atoms with Crippen molar-refractivity contribution in [1.82, 2.24) is 15.0 Å². The molecular weight excluding hydrogens is 450 g/mol. The summed E-state index contributed by atoms with van der Waals surface area (Å²) in [5.74, 6) is 1.82. The van der Waals surface area contributed by atoms with Crippen LogP contribution in [0.4, 0.5) is 11.5 Å². The molecule has 4 aromatic rings. The number of benzene rings is 1. The standard InChI is InChI=1S/C25H23N5O3S/c1-32-22-10-7-17(16-26-22)24-28-20-15-19(8-9-21(31)27-18-5-3-2-4-6-18)34-23(20)25(29-24)30-11-13-33-14-12-30/h2-10,15-16H,11-14H2,1H3,(H,27,31)/b9-8+. The van der Waals surface area contributed by atoms with Gasteiger partial charge < -0.3 is 19.7 Å². The summed E-state index contributed by atoms with van der Waals surface area (Å²) in [6.07, 6.45) is 5.06. The molecule has 9 heteroatoms. The van der Waals surface area contributed by atoms with Crippen LogP contribution in [0.15, 0.2) is 60.8 Å². The number of amides is 1. The molecular formula is C25H23N5O3S. The van der Waals surface area contributed by atoms with Crippen molar-refractivity contribution >= 4 is 45.0 Å². The number of nitrogens with zero attached hydrogens (tertiary/aromatic N) is 4. The summed E-state index contributed by atoms with van der Waals surface area (Å²) in [7, 11) is 1.58. The number of rotatable bonds is 6. The average Bonchev–Trinajstić information content (AvgIpc) is 3.31. The van der Waals surface area contributed by atoms with E-state index in [1.165, 1.54) is 6.08 Å². The van der Waals surface area contributed by atoms with E-state index in [2.05, 4.69) is 15.2 Å². The summed E-state index contributed by atoms with van der Waals surface area (Å²) in [4.78, 5) is 29.5. The minimum atomic E-state index is -0.187. The number of hydrogen-bond donors (Lipinski definition) is 1. The quantitative estimate of drug-likeness (QED) is 0.419. The van der Waals surface area contributed by atoms with Gasteiger partial charge in [0.05, 0.1) is 30.5 Å². The Morgan fingerprint density at radius 3 is 2.71 bits per heavy atom. The summed E-state index contributed by atoms with van der Waals surface area (Å²) in [6, 6.07) is 15.1. The molecule has 0 bridgehead atoms. The predicted molar refractivity (Wildman–Crippen MR) is 134 cm³/mol. The molecule has 172 valence electrons. The number of para-hydroxylation sites is 1. The number of nitrogens with one attached hydrogen (secondary N) is 1. The van der Waals surface area contributed by atoms with E-state index in [1.54, 1.807) is 30.7 Å². The highest BCUT2D eigenvalue weighted by Gasteiger charge is 2.20. The molecule has 0 aliphatic carbocycles. The third kappa shape index (κ3) is 4.90. The zero-order valence-corrected chi connectivity index (χ0v) is 19.4. The van der Waals surface area contributed by atoms with Gasteiger partial charge in [0.25, 0.3) is 0 Å². The second kappa shape index (κ2) is 9.98. The maximum Gasteiger partial charge on any atom is 0.248 e. The number of carbonyl (C=O) groups excluding carboxylic acids is 1. The predicted octanol–water partition coefficient (Wildman–Crippen LogP) is 4.25. The first-order chi connectivity index (χ1) is 16.7. The van der Waals surface area contributed by atoms with Gasteiger partial charge in [-0.05, 0) is 30.3 Å². The fourth-order valence-corrected chi connectivity index (χ4v) is 4.65. The molecule has 0 radical (unpaired) electrons. The van der Waals surface area contributed by atoms with Crippen LogP contribution in [-0.2, 0) is 9.53 Å². The van der Waals surface area contributed by atoms with E-state index in [0.717, 1.165) is 45.3 Å². The molecule has 3 aromatic heterocycles. The molecule has 0 atom stereocenters. The summed E-state index contributed by atoms with van der Waals surface area (Å²) < 4.78 is 11.7. The Hall–Kier alpha value is -3.82. The van der Waals surface area contributed by atoms with Gasteiger partial charge in [-0.2, -0.15) is 0 Å². The van der Waals surface area contributed by atoms with Gasteiger partial charge in [-0.25, -0.2) is 15.0 Å². The highest BCUT2D eigenvalue weighted by atomic mass is 32.1. The number of pyridine rings is 1. The lowest BCUT2D eigenvalue weighted by Gasteiger charge is -2.28. The van der Waals surface area contributed by atoms with Gasteiger partial charge in [-0.3, -0.25) is 4.79 Å². The second-order valence-corrected chi connectivity index (χ2v) is 8.69. The first-order valence-corrected chi connectivity index (χ1v) is 11.7. The fraction of sp³-hybridized carbons (Fsp3) is 0.200. The molecule has 0 unspecified atom stereocenters. The van der Waals surface area contributed by atoms with Crippen molar-refractivity contribution in [2.24, 2.45) is 0 Å². The smallest absolute Gasteiger partial charge is 0.248 e. The maximum absolute atomic E-state index is 12.3. The SMILES string of the molecule is COc1ccc(-c2nc(N3CCOCC3)c3sc(/C=C/C(=O)Nc4ccccc4)cc3n2)cn1. The van der Waals surface area contributed by atoms with Crippen LogP contribution in [0.25, 0.3) is 27.7 Å². The summed E-state index contributed by atoms with van der Waals surface area (Å²) in [6.45, 7) is 2.83. The highest BCUT2D eigenvalue weighted by Crippen LogP contribution is 2.35. The van der Waals surface area contributed by atoms with Crippen LogP contribution in [0.2, 0.25) is 0 Å². The molecule has 1 N–H and O–H groups in total. The molecule has 34 heavy (non-hydrogen) atoms. The number of anilines is 2. The Morgan fingerprint density at radius 1 is 1.15 bits per heavy atom. The molecule has 8 nitrogen and oxygen atoms in total. The van der Waals surface area contributed by atoms with Gasteiger partial charge in [0.1, 0.15) is 0 Å². The molecule has 1 aliphatic rings. The van der Waals surface area contributed by atoms with Crippen molar-refractivity contribution in [3.8, 4) is 17.3 Å². The zero-order chi connectivity index (χ0) is 23.3. The second-order valence-electron chi connectivity index (χ2n) is 7.61. The molecule has 1 fully saturated rings. The van der Waals surface area contributed by atoms with Crippen LogP contribution in [0.1, 0.15) is 4.88 Å². The number of aromatic nitrogens is 3. The Morgan fingerprint density at radius 2 is 1.97 bits per heavy atom. The highest BCUT2D eigenvalue weighted by molar-refractivity contribution is 7.20. The fourth-order valence-electron chi connectivity index (χ4n) is 3.63. The number of fused-ring (bicyclic) bond motifs is 1. The van der Waals surface area contributed by atoms with E-state index >= 15 is 0 Å². The third-order valence-electron chi connectivity index (χ3n) is 5.33. The topological polar surface area (TPSA) is 89.5 Å². The van der Waals surface area contributed by atoms with E-state index in [4.69, 9.17) is 19.4 Å². The van der Waals surface area contributed by atoms with Crippen molar-refractivity contribution < 1.29 is 14.3 Å². The van der Waals surface area contributed by atoms with Crippen molar-refractivity contribution in [3.63, 3.8) is 0 Å². The van der Waals surface area contributed by atoms with Gasteiger partial charge in [0.15, 0.2) is 11.6 Å². The molecule has 0 saturated carbocycles. The lowest BCUT2D eigenvalue weighted by atomic mass is 10.2. The van der Waals surface area contributed by atoms with E-state index < -0.39 is 0 Å². The molecule has 0 spiro atoms. The van der Waals surface area contributed by atoms with Gasteiger partial charge >= 0.3 is 0 Å². The lowest BCUT2D eigenvalue weighted by molar-refractivity contribution is -0.111. The lowest BCUT2D eigenvalue weighted by Crippen LogP contribution is -2.36. The van der Waals surface area contributed by atoms with Crippen molar-refractivity contribution in [1.29, 1.82) is 0 Å². The molecule has 1 saturated heterocycles. The van der Waals surface area contributed by atoms with Crippen molar-refractivity contribution in [2.75, 3.05) is 43.6 Å². The largest absolute Gasteiger partial charge is 0.481 e. The van der Waals surface area contributed by atoms with E-state index in [9.17, 15) is 4.79 Å². The van der Waals surface area contributed by atoms with Crippen LogP contribution in [0, 0.1) is 0 Å². The first-order valence-electron chi connectivity index (χ1n) is 10.9. The van der Waals surface area contributed by atoms with Crippen LogP contribution in [-0.4, -0.2) is 54.3 Å². The van der Waals surface area contributed by atoms with E-state index in [1.807, 2.05) is 48.5 Å². The van der Waals surface area contributed by atoms with E-state index in [-0.39, 0.29) is 5.91 Å². The first kappa shape index (κ1) is 22.0. The van der Waals surface area contributed by atoms with Crippen LogP contribution >= 0.6 is 11.3 Å². The van der Waals surface area contributed by atoms with Crippen LogP contribution in [0.5, 0.6) is 5.88 Å². The van der Waals surface area contributed by atoms with Crippen LogP contribution < -0.4 is 15.0 Å². The minimum absolute atomic E-state index is 0.187. The number of thiophene rings is 1. The average molecular weight is 474 g/mol. The molecule has 1 aliphatic heterocycles. The summed E-state index contributed by atoms with van der Waals surface area (Å²) in [5.41, 5.74) is 2.39. The Balaban J connectivity index is 1.48. The summed E-state index contributed by atoms with van der Waals surface area (Å²) in [5, 5.41) is 2.86. The van der Waals surface area contributed by atoms with Gasteiger partial charge in [0, 0.05) is 47.6 Å². The molecule has 5 rings (SSSR count). The zero-order valence-electron chi connectivity index (χ0n) is 18.6. The van der Waals surface area contributed by atoms with Crippen LogP contribution in [0.3, 0.4) is 0 Å². The maximum atomic E-state index is 12.3. The minimum Gasteiger partial charge on any atom is -0.481 e. The molecule has 4 heterocycles. The molecule has 1 aromatic carbocycles. The van der Waals surface area contributed by atoms with Gasteiger partial charge in [0.2, 0.25) is 11.8 Å². The van der Waals surface area contributed by atoms with Crippen molar-refractivity contribution in [2.45, 2.75) is 0 Å². The number of ether oxygens (including phenoxy) is 2. The van der Waals surface area contributed by atoms with Gasteiger partial charge in [-0.15, -0.1) is 11.3 Å². The van der Waals surface area contributed by atoms with Crippen molar-refractivity contribution in [3.05, 3.63) is 65.7 Å². The Kier molecular flexibility index (Phi) is 6.46. The number of carbonyl (C=O) groups is 1. The Bertz CT molecular complexity index is 1320.